The highest BCUT2D eigenvalue weighted by Crippen LogP contribution is 2.15. The summed E-state index contributed by atoms with van der Waals surface area (Å²) in [6.45, 7) is 2.41. The smallest absolute Gasteiger partial charge is 0.248 e. The van der Waals surface area contributed by atoms with E-state index < -0.39 is 10.0 Å². The first-order valence-corrected chi connectivity index (χ1v) is 10.2. The Hall–Kier alpha value is -2.64. The Morgan fingerprint density at radius 1 is 1.07 bits per heavy atom. The first-order valence-electron chi connectivity index (χ1n) is 8.67. The summed E-state index contributed by atoms with van der Waals surface area (Å²) in [4.78, 5) is 12.2. The number of amides is 1. The Balaban J connectivity index is 1.94. The van der Waals surface area contributed by atoms with Crippen molar-refractivity contribution in [1.29, 1.82) is 0 Å². The number of rotatable bonds is 9. The van der Waals surface area contributed by atoms with Crippen LogP contribution >= 0.6 is 0 Å². The minimum absolute atomic E-state index is 0.172. The second-order valence-corrected chi connectivity index (χ2v) is 7.64. The molecule has 0 fully saturated rings. The number of sulfonamides is 1. The van der Waals surface area contributed by atoms with Crippen molar-refractivity contribution in [2.45, 2.75) is 24.7 Å². The van der Waals surface area contributed by atoms with Gasteiger partial charge in [0.25, 0.3) is 0 Å². The van der Waals surface area contributed by atoms with Crippen molar-refractivity contribution in [2.75, 3.05) is 19.0 Å². The summed E-state index contributed by atoms with van der Waals surface area (Å²) < 4.78 is 31.9. The van der Waals surface area contributed by atoms with E-state index in [9.17, 15) is 13.2 Å². The van der Waals surface area contributed by atoms with Crippen LogP contribution in [0.5, 0.6) is 5.75 Å². The Bertz CT molecular complexity index is 873. The summed E-state index contributed by atoms with van der Waals surface area (Å²) in [6.07, 6.45) is 4.80. The van der Waals surface area contributed by atoms with E-state index in [4.69, 9.17) is 4.74 Å². The van der Waals surface area contributed by atoms with E-state index in [0.29, 0.717) is 12.2 Å². The standard InChI is InChI=1S/C20H24N2O4S/c1-3-4-15-21-27(24,25)19-12-8-17(9-13-19)22-20(23)14-7-16-5-10-18(26-2)11-6-16/h5-14,21H,3-4,15H2,1-2H3,(H,22,23). The van der Waals surface area contributed by atoms with Crippen molar-refractivity contribution in [3.05, 3.63) is 60.2 Å². The molecular formula is C20H24N2O4S. The molecule has 2 aromatic carbocycles. The fraction of sp³-hybridized carbons (Fsp3) is 0.250. The van der Waals surface area contributed by atoms with Crippen molar-refractivity contribution in [2.24, 2.45) is 0 Å². The number of anilines is 1. The molecular weight excluding hydrogens is 364 g/mol. The lowest BCUT2D eigenvalue weighted by atomic mass is 10.2. The van der Waals surface area contributed by atoms with Crippen LogP contribution in [-0.4, -0.2) is 28.0 Å². The molecule has 2 aromatic rings. The van der Waals surface area contributed by atoms with Gasteiger partial charge in [0.05, 0.1) is 12.0 Å². The number of methoxy groups -OCH3 is 1. The SMILES string of the molecule is CCCCNS(=O)(=O)c1ccc(NC(=O)C=Cc2ccc(OC)cc2)cc1. The number of nitrogens with one attached hydrogen (secondary N) is 2. The molecule has 1 amide bonds. The first kappa shape index (κ1) is 20.7. The van der Waals surface area contributed by atoms with E-state index in [1.54, 1.807) is 25.3 Å². The Labute approximate surface area is 160 Å². The van der Waals surface area contributed by atoms with Crippen LogP contribution in [0, 0.1) is 0 Å². The molecule has 0 aromatic heterocycles. The number of hydrogen-bond donors (Lipinski definition) is 2. The van der Waals surface area contributed by atoms with Gasteiger partial charge >= 0.3 is 0 Å². The van der Waals surface area contributed by atoms with Crippen molar-refractivity contribution >= 4 is 27.7 Å². The van der Waals surface area contributed by atoms with Gasteiger partial charge in [-0.1, -0.05) is 25.5 Å². The second-order valence-electron chi connectivity index (χ2n) is 5.87. The lowest BCUT2D eigenvalue weighted by Crippen LogP contribution is -2.24. The third-order valence-electron chi connectivity index (χ3n) is 3.80. The van der Waals surface area contributed by atoms with Crippen LogP contribution in [0.1, 0.15) is 25.3 Å². The van der Waals surface area contributed by atoms with Gasteiger partial charge in [-0.25, -0.2) is 13.1 Å². The van der Waals surface area contributed by atoms with Crippen molar-refractivity contribution < 1.29 is 17.9 Å². The summed E-state index contributed by atoms with van der Waals surface area (Å²) in [5, 5.41) is 2.70. The van der Waals surface area contributed by atoms with Crippen molar-refractivity contribution in [3.63, 3.8) is 0 Å². The summed E-state index contributed by atoms with van der Waals surface area (Å²) in [5.74, 6) is 0.443. The Morgan fingerprint density at radius 2 is 1.74 bits per heavy atom. The van der Waals surface area contributed by atoms with Gasteiger partial charge in [-0.05, 0) is 54.5 Å². The van der Waals surface area contributed by atoms with Gasteiger partial charge in [0, 0.05) is 18.3 Å². The number of ether oxygens (including phenoxy) is 1. The molecule has 0 aliphatic heterocycles. The quantitative estimate of drug-likeness (QED) is 0.509. The highest BCUT2D eigenvalue weighted by molar-refractivity contribution is 7.89. The van der Waals surface area contributed by atoms with Gasteiger partial charge in [0.15, 0.2) is 0 Å². The van der Waals surface area contributed by atoms with Crippen LogP contribution in [-0.2, 0) is 14.8 Å². The predicted octanol–water partition coefficient (Wildman–Crippen LogP) is 3.43. The Kier molecular flexibility index (Phi) is 7.57. The molecule has 27 heavy (non-hydrogen) atoms. The molecule has 0 radical (unpaired) electrons. The molecule has 0 spiro atoms. The third-order valence-corrected chi connectivity index (χ3v) is 5.27. The largest absolute Gasteiger partial charge is 0.497 e. The molecule has 144 valence electrons. The van der Waals surface area contributed by atoms with Gasteiger partial charge in [-0.15, -0.1) is 0 Å². The number of hydrogen-bond acceptors (Lipinski definition) is 4. The number of carbonyl (C=O) groups excluding carboxylic acids is 1. The molecule has 6 nitrogen and oxygen atoms in total. The van der Waals surface area contributed by atoms with E-state index >= 15 is 0 Å². The zero-order valence-corrected chi connectivity index (χ0v) is 16.3. The van der Waals surface area contributed by atoms with Crippen LogP contribution in [0.3, 0.4) is 0 Å². The van der Waals surface area contributed by atoms with E-state index in [0.717, 1.165) is 24.2 Å². The van der Waals surface area contributed by atoms with Crippen LogP contribution in [0.4, 0.5) is 5.69 Å². The highest BCUT2D eigenvalue weighted by Gasteiger charge is 2.12. The monoisotopic (exact) mass is 388 g/mol. The first-order chi connectivity index (χ1) is 12.9. The van der Waals surface area contributed by atoms with Crippen molar-refractivity contribution in [1.82, 2.24) is 4.72 Å². The summed E-state index contributed by atoms with van der Waals surface area (Å²) >= 11 is 0. The number of benzene rings is 2. The van der Waals surface area contributed by atoms with Crippen LogP contribution < -0.4 is 14.8 Å². The fourth-order valence-electron chi connectivity index (χ4n) is 2.25. The average molecular weight is 388 g/mol. The van der Waals surface area contributed by atoms with E-state index in [2.05, 4.69) is 10.0 Å². The topological polar surface area (TPSA) is 84.5 Å². The van der Waals surface area contributed by atoms with Gasteiger partial charge in [0.1, 0.15) is 5.75 Å². The van der Waals surface area contributed by atoms with Gasteiger partial charge < -0.3 is 10.1 Å². The summed E-state index contributed by atoms with van der Waals surface area (Å²) in [7, 11) is -1.92. The van der Waals surface area contributed by atoms with Gasteiger partial charge in [0.2, 0.25) is 15.9 Å². The molecule has 0 unspecified atom stereocenters. The molecule has 0 heterocycles. The summed E-state index contributed by atoms with van der Waals surface area (Å²) in [5.41, 5.74) is 1.39. The molecule has 2 N–H and O–H groups in total. The highest BCUT2D eigenvalue weighted by atomic mass is 32.2. The molecule has 0 atom stereocenters. The van der Waals surface area contributed by atoms with Crippen LogP contribution in [0.2, 0.25) is 0 Å². The lowest BCUT2D eigenvalue weighted by Gasteiger charge is -2.07. The summed E-state index contributed by atoms with van der Waals surface area (Å²) in [6, 6.07) is 13.4. The molecule has 7 heteroatoms. The maximum atomic E-state index is 12.1. The van der Waals surface area contributed by atoms with E-state index in [1.165, 1.54) is 18.2 Å². The molecule has 2 rings (SSSR count). The lowest BCUT2D eigenvalue weighted by molar-refractivity contribution is -0.111. The van der Waals surface area contributed by atoms with Gasteiger partial charge in [-0.2, -0.15) is 0 Å². The Morgan fingerprint density at radius 3 is 2.33 bits per heavy atom. The predicted molar refractivity (Wildman–Crippen MR) is 107 cm³/mol. The minimum atomic E-state index is -3.52. The molecule has 0 saturated heterocycles. The minimum Gasteiger partial charge on any atom is -0.497 e. The zero-order valence-electron chi connectivity index (χ0n) is 15.4. The molecule has 0 saturated carbocycles. The normalized spacial score (nSPS) is 11.5. The second kappa shape index (κ2) is 9.89. The number of carbonyl (C=O) groups is 1. The number of unbranched alkanes of at least 4 members (excludes halogenated alkanes) is 1. The fourth-order valence-corrected chi connectivity index (χ4v) is 3.33. The third kappa shape index (κ3) is 6.54. The molecule has 0 bridgehead atoms. The zero-order chi connectivity index (χ0) is 19.7. The van der Waals surface area contributed by atoms with Crippen molar-refractivity contribution in [3.8, 4) is 5.75 Å². The maximum absolute atomic E-state index is 12.1. The molecule has 0 aliphatic rings. The van der Waals surface area contributed by atoms with Crippen LogP contribution in [0.15, 0.2) is 59.5 Å². The van der Waals surface area contributed by atoms with E-state index in [1.807, 2.05) is 31.2 Å². The maximum Gasteiger partial charge on any atom is 0.248 e. The van der Waals surface area contributed by atoms with E-state index in [-0.39, 0.29) is 10.8 Å². The van der Waals surface area contributed by atoms with Gasteiger partial charge in [-0.3, -0.25) is 4.79 Å². The average Bonchev–Trinajstić information content (AvgIpc) is 2.67. The molecule has 0 aliphatic carbocycles. The van der Waals surface area contributed by atoms with Crippen LogP contribution in [0.25, 0.3) is 6.08 Å².